The summed E-state index contributed by atoms with van der Waals surface area (Å²) >= 11 is 0. The van der Waals surface area contributed by atoms with E-state index in [2.05, 4.69) is 36.2 Å². The molecule has 1 aliphatic rings. The van der Waals surface area contributed by atoms with E-state index in [1.54, 1.807) is 0 Å². The minimum Gasteiger partial charge on any atom is -0.339 e. The SMILES string of the molecule is CC(C)Cc1noc(C2CCNC(C)C2)n1. The van der Waals surface area contributed by atoms with Crippen LogP contribution in [0.25, 0.3) is 0 Å². The van der Waals surface area contributed by atoms with Gasteiger partial charge in [-0.25, -0.2) is 0 Å². The number of nitrogens with one attached hydrogen (secondary N) is 1. The van der Waals surface area contributed by atoms with Crippen LogP contribution in [0, 0.1) is 5.92 Å². The number of aromatic nitrogens is 2. The van der Waals surface area contributed by atoms with Crippen LogP contribution in [-0.4, -0.2) is 22.7 Å². The Labute approximate surface area is 96.8 Å². The summed E-state index contributed by atoms with van der Waals surface area (Å²) < 4.78 is 5.36. The lowest BCUT2D eigenvalue weighted by molar-refractivity contribution is 0.294. The molecule has 1 saturated heterocycles. The first-order valence-electron chi connectivity index (χ1n) is 6.21. The predicted octanol–water partition coefficient (Wildman–Crippen LogP) is 2.12. The van der Waals surface area contributed by atoms with E-state index in [1.165, 1.54) is 0 Å². The van der Waals surface area contributed by atoms with Crippen LogP contribution in [0.5, 0.6) is 0 Å². The van der Waals surface area contributed by atoms with E-state index in [9.17, 15) is 0 Å². The Bertz CT molecular complexity index is 335. The molecule has 4 heteroatoms. The fourth-order valence-electron chi connectivity index (χ4n) is 2.24. The third kappa shape index (κ3) is 2.82. The highest BCUT2D eigenvalue weighted by atomic mass is 16.5. The molecular weight excluding hydrogens is 202 g/mol. The minimum atomic E-state index is 0.449. The summed E-state index contributed by atoms with van der Waals surface area (Å²) in [6.07, 6.45) is 3.11. The smallest absolute Gasteiger partial charge is 0.229 e. The van der Waals surface area contributed by atoms with Gasteiger partial charge in [0.25, 0.3) is 0 Å². The van der Waals surface area contributed by atoms with Crippen molar-refractivity contribution in [2.24, 2.45) is 5.92 Å². The van der Waals surface area contributed by atoms with Gasteiger partial charge in [0.05, 0.1) is 0 Å². The molecule has 0 bridgehead atoms. The van der Waals surface area contributed by atoms with E-state index in [0.717, 1.165) is 37.5 Å². The molecule has 0 saturated carbocycles. The molecule has 4 nitrogen and oxygen atoms in total. The average molecular weight is 223 g/mol. The molecule has 1 aromatic rings. The van der Waals surface area contributed by atoms with E-state index >= 15 is 0 Å². The van der Waals surface area contributed by atoms with E-state index in [-0.39, 0.29) is 0 Å². The van der Waals surface area contributed by atoms with Crippen LogP contribution in [0.2, 0.25) is 0 Å². The molecule has 1 fully saturated rings. The van der Waals surface area contributed by atoms with Crippen molar-refractivity contribution in [3.63, 3.8) is 0 Å². The molecule has 1 aliphatic heterocycles. The molecule has 0 aromatic carbocycles. The first kappa shape index (κ1) is 11.6. The summed E-state index contributed by atoms with van der Waals surface area (Å²) in [7, 11) is 0. The lowest BCUT2D eigenvalue weighted by Gasteiger charge is -2.25. The highest BCUT2D eigenvalue weighted by Gasteiger charge is 2.24. The van der Waals surface area contributed by atoms with Gasteiger partial charge in [-0.15, -0.1) is 0 Å². The molecule has 1 aromatic heterocycles. The van der Waals surface area contributed by atoms with Crippen molar-refractivity contribution in [3.05, 3.63) is 11.7 Å². The van der Waals surface area contributed by atoms with Crippen LogP contribution in [-0.2, 0) is 6.42 Å². The average Bonchev–Trinajstić information content (AvgIpc) is 2.65. The fourth-order valence-corrected chi connectivity index (χ4v) is 2.24. The Morgan fingerprint density at radius 2 is 2.31 bits per heavy atom. The molecular formula is C12H21N3O. The van der Waals surface area contributed by atoms with Gasteiger partial charge in [-0.3, -0.25) is 0 Å². The molecule has 1 N–H and O–H groups in total. The van der Waals surface area contributed by atoms with Gasteiger partial charge in [0.1, 0.15) is 0 Å². The standard InChI is InChI=1S/C12H21N3O/c1-8(2)6-11-14-12(16-15-11)10-4-5-13-9(3)7-10/h8-10,13H,4-7H2,1-3H3. The number of hydrogen-bond acceptors (Lipinski definition) is 4. The van der Waals surface area contributed by atoms with Gasteiger partial charge >= 0.3 is 0 Å². The van der Waals surface area contributed by atoms with Gasteiger partial charge in [-0.05, 0) is 32.2 Å². The normalized spacial score (nSPS) is 26.2. The molecule has 2 atom stereocenters. The second kappa shape index (κ2) is 4.95. The van der Waals surface area contributed by atoms with E-state index in [1.807, 2.05) is 0 Å². The summed E-state index contributed by atoms with van der Waals surface area (Å²) in [6, 6.07) is 0.555. The lowest BCUT2D eigenvalue weighted by atomic mass is 9.93. The summed E-state index contributed by atoms with van der Waals surface area (Å²) in [6.45, 7) is 7.59. The first-order chi connectivity index (χ1) is 7.65. The Kier molecular flexibility index (Phi) is 3.59. The Balaban J connectivity index is 2.00. The first-order valence-corrected chi connectivity index (χ1v) is 6.21. The molecule has 0 amide bonds. The van der Waals surface area contributed by atoms with Crippen molar-refractivity contribution in [1.82, 2.24) is 15.5 Å². The summed E-state index contributed by atoms with van der Waals surface area (Å²) in [5.74, 6) is 2.72. The van der Waals surface area contributed by atoms with Crippen molar-refractivity contribution < 1.29 is 4.52 Å². The van der Waals surface area contributed by atoms with Crippen molar-refractivity contribution in [2.75, 3.05) is 6.54 Å². The van der Waals surface area contributed by atoms with Gasteiger partial charge in [0.2, 0.25) is 5.89 Å². The van der Waals surface area contributed by atoms with Gasteiger partial charge in [0, 0.05) is 18.4 Å². The van der Waals surface area contributed by atoms with Gasteiger partial charge in [0.15, 0.2) is 5.82 Å². The molecule has 16 heavy (non-hydrogen) atoms. The van der Waals surface area contributed by atoms with Crippen LogP contribution in [0.4, 0.5) is 0 Å². The lowest BCUT2D eigenvalue weighted by Crippen LogP contribution is -2.34. The largest absolute Gasteiger partial charge is 0.339 e. The third-order valence-corrected chi connectivity index (χ3v) is 3.05. The highest BCUT2D eigenvalue weighted by Crippen LogP contribution is 2.26. The van der Waals surface area contributed by atoms with Gasteiger partial charge in [-0.2, -0.15) is 4.98 Å². The van der Waals surface area contributed by atoms with Gasteiger partial charge in [-0.1, -0.05) is 19.0 Å². The predicted molar refractivity (Wildman–Crippen MR) is 62.3 cm³/mol. The Morgan fingerprint density at radius 1 is 1.50 bits per heavy atom. The third-order valence-electron chi connectivity index (χ3n) is 3.05. The van der Waals surface area contributed by atoms with Crippen molar-refractivity contribution in [3.8, 4) is 0 Å². The minimum absolute atomic E-state index is 0.449. The number of hydrogen-bond donors (Lipinski definition) is 1. The van der Waals surface area contributed by atoms with Crippen LogP contribution >= 0.6 is 0 Å². The topological polar surface area (TPSA) is 51.0 Å². The van der Waals surface area contributed by atoms with Crippen LogP contribution in [0.3, 0.4) is 0 Å². The van der Waals surface area contributed by atoms with Crippen molar-refractivity contribution in [1.29, 1.82) is 0 Å². The second-order valence-electron chi connectivity index (χ2n) is 5.22. The van der Waals surface area contributed by atoms with E-state index in [0.29, 0.717) is 17.9 Å². The second-order valence-corrected chi connectivity index (χ2v) is 5.22. The van der Waals surface area contributed by atoms with Crippen LogP contribution < -0.4 is 5.32 Å². The quantitative estimate of drug-likeness (QED) is 0.852. The number of nitrogens with zero attached hydrogens (tertiary/aromatic N) is 2. The van der Waals surface area contributed by atoms with E-state index < -0.39 is 0 Å². The van der Waals surface area contributed by atoms with Crippen molar-refractivity contribution >= 4 is 0 Å². The fraction of sp³-hybridized carbons (Fsp3) is 0.833. The number of piperidine rings is 1. The van der Waals surface area contributed by atoms with E-state index in [4.69, 9.17) is 4.52 Å². The summed E-state index contributed by atoms with van der Waals surface area (Å²) in [5.41, 5.74) is 0. The maximum absolute atomic E-state index is 5.36. The zero-order valence-corrected chi connectivity index (χ0v) is 10.4. The maximum atomic E-state index is 5.36. The molecule has 90 valence electrons. The highest BCUT2D eigenvalue weighted by molar-refractivity contribution is 4.98. The zero-order chi connectivity index (χ0) is 11.5. The molecule has 2 unspecified atom stereocenters. The molecule has 0 spiro atoms. The molecule has 0 aliphatic carbocycles. The zero-order valence-electron chi connectivity index (χ0n) is 10.4. The molecule has 0 radical (unpaired) electrons. The van der Waals surface area contributed by atoms with Crippen molar-refractivity contribution in [2.45, 2.75) is 52.0 Å². The van der Waals surface area contributed by atoms with Crippen LogP contribution in [0.1, 0.15) is 51.2 Å². The molecule has 2 rings (SSSR count). The van der Waals surface area contributed by atoms with Crippen LogP contribution in [0.15, 0.2) is 4.52 Å². The summed E-state index contributed by atoms with van der Waals surface area (Å²) in [4.78, 5) is 4.50. The maximum Gasteiger partial charge on any atom is 0.229 e. The number of rotatable bonds is 3. The summed E-state index contributed by atoms with van der Waals surface area (Å²) in [5, 5.41) is 7.48. The molecule has 2 heterocycles. The monoisotopic (exact) mass is 223 g/mol. The van der Waals surface area contributed by atoms with Gasteiger partial charge < -0.3 is 9.84 Å². The Morgan fingerprint density at radius 3 is 3.00 bits per heavy atom. The Hall–Kier alpha value is -0.900.